The number of halogens is 2. The zero-order valence-corrected chi connectivity index (χ0v) is 16.0. The van der Waals surface area contributed by atoms with Gasteiger partial charge in [-0.3, -0.25) is 9.59 Å². The molecule has 2 aromatic rings. The molecule has 0 aliphatic rings. The second-order valence-electron chi connectivity index (χ2n) is 6.45. The number of benzene rings is 2. The van der Waals surface area contributed by atoms with Crippen molar-refractivity contribution in [2.45, 2.75) is 33.6 Å². The third-order valence-electron chi connectivity index (χ3n) is 4.09. The number of nitrogens with zero attached hydrogens (tertiary/aromatic N) is 1. The van der Waals surface area contributed by atoms with Crippen LogP contribution in [0.4, 0.5) is 15.8 Å². The molecular formula is C20H22ClFN2O2. The van der Waals surface area contributed by atoms with Gasteiger partial charge in [0.25, 0.3) is 0 Å². The number of anilines is 2. The van der Waals surface area contributed by atoms with Gasteiger partial charge in [-0.2, -0.15) is 0 Å². The maximum atomic E-state index is 13.4. The highest BCUT2D eigenvalue weighted by atomic mass is 35.5. The van der Waals surface area contributed by atoms with Crippen LogP contribution in [0, 0.1) is 12.7 Å². The standard InChI is InChI=1S/C20H22ClFN2O2/c1-12(2)16-7-5-6-13(3)20(16)23-19(26)11-24(14(4)25)15-8-9-18(22)17(21)10-15/h5-10,12H,11H2,1-4H3,(H,23,26). The van der Waals surface area contributed by atoms with Gasteiger partial charge < -0.3 is 10.2 Å². The Labute approximate surface area is 158 Å². The van der Waals surface area contributed by atoms with Gasteiger partial charge in [0, 0.05) is 18.3 Å². The van der Waals surface area contributed by atoms with Crippen molar-refractivity contribution >= 4 is 34.8 Å². The summed E-state index contributed by atoms with van der Waals surface area (Å²) >= 11 is 5.79. The highest BCUT2D eigenvalue weighted by Gasteiger charge is 2.19. The molecule has 0 fully saturated rings. The second kappa shape index (κ2) is 8.32. The Morgan fingerprint density at radius 3 is 2.50 bits per heavy atom. The van der Waals surface area contributed by atoms with Gasteiger partial charge in [0.2, 0.25) is 11.8 Å². The molecule has 2 aromatic carbocycles. The van der Waals surface area contributed by atoms with Crippen LogP contribution in [0.15, 0.2) is 36.4 Å². The second-order valence-corrected chi connectivity index (χ2v) is 6.85. The lowest BCUT2D eigenvalue weighted by molar-refractivity contribution is -0.120. The smallest absolute Gasteiger partial charge is 0.244 e. The number of rotatable bonds is 5. The Morgan fingerprint density at radius 1 is 1.23 bits per heavy atom. The van der Waals surface area contributed by atoms with Gasteiger partial charge in [-0.25, -0.2) is 4.39 Å². The van der Waals surface area contributed by atoms with Gasteiger partial charge in [0.1, 0.15) is 12.4 Å². The first-order valence-electron chi connectivity index (χ1n) is 8.33. The summed E-state index contributed by atoms with van der Waals surface area (Å²) in [4.78, 5) is 25.8. The van der Waals surface area contributed by atoms with Gasteiger partial charge in [-0.05, 0) is 42.2 Å². The molecule has 0 aliphatic carbocycles. The predicted molar refractivity (Wildman–Crippen MR) is 103 cm³/mol. The van der Waals surface area contributed by atoms with E-state index in [0.717, 1.165) is 16.8 Å². The minimum absolute atomic E-state index is 0.102. The molecule has 0 bridgehead atoms. The van der Waals surface area contributed by atoms with Crippen LogP contribution in [0.25, 0.3) is 0 Å². The molecule has 0 heterocycles. The van der Waals surface area contributed by atoms with Crippen LogP contribution in [0.2, 0.25) is 5.02 Å². The Balaban J connectivity index is 2.24. The zero-order valence-electron chi connectivity index (χ0n) is 15.3. The molecule has 1 N–H and O–H groups in total. The average molecular weight is 377 g/mol. The zero-order chi connectivity index (χ0) is 19.4. The monoisotopic (exact) mass is 376 g/mol. The normalized spacial score (nSPS) is 10.7. The van der Waals surface area contributed by atoms with Crippen LogP contribution >= 0.6 is 11.6 Å². The first-order valence-corrected chi connectivity index (χ1v) is 8.71. The minimum atomic E-state index is -0.579. The van der Waals surface area contributed by atoms with E-state index in [0.29, 0.717) is 5.69 Å². The van der Waals surface area contributed by atoms with Gasteiger partial charge in [-0.15, -0.1) is 0 Å². The molecule has 26 heavy (non-hydrogen) atoms. The number of carbonyl (C=O) groups is 2. The number of carbonyl (C=O) groups excluding carboxylic acids is 2. The van der Waals surface area contributed by atoms with E-state index in [9.17, 15) is 14.0 Å². The van der Waals surface area contributed by atoms with Crippen LogP contribution in [0.3, 0.4) is 0 Å². The SMILES string of the molecule is CC(=O)N(CC(=O)Nc1c(C)cccc1C(C)C)c1ccc(F)c(Cl)c1. The van der Waals surface area contributed by atoms with E-state index < -0.39 is 5.82 Å². The molecule has 0 atom stereocenters. The van der Waals surface area contributed by atoms with Crippen LogP contribution in [0.5, 0.6) is 0 Å². The summed E-state index contributed by atoms with van der Waals surface area (Å²) in [6, 6.07) is 9.76. The van der Waals surface area contributed by atoms with Gasteiger partial charge in [0.15, 0.2) is 0 Å². The number of para-hydroxylation sites is 1. The summed E-state index contributed by atoms with van der Waals surface area (Å²) in [6.07, 6.45) is 0. The lowest BCUT2D eigenvalue weighted by atomic mass is 9.98. The van der Waals surface area contributed by atoms with E-state index in [1.807, 2.05) is 39.0 Å². The topological polar surface area (TPSA) is 49.4 Å². The number of amides is 2. The molecule has 4 nitrogen and oxygen atoms in total. The largest absolute Gasteiger partial charge is 0.324 e. The lowest BCUT2D eigenvalue weighted by Crippen LogP contribution is -2.37. The fraction of sp³-hybridized carbons (Fsp3) is 0.300. The van der Waals surface area contributed by atoms with Crippen molar-refractivity contribution in [1.29, 1.82) is 0 Å². The van der Waals surface area contributed by atoms with Crippen molar-refractivity contribution in [3.63, 3.8) is 0 Å². The maximum absolute atomic E-state index is 13.4. The van der Waals surface area contributed by atoms with E-state index in [1.54, 1.807) is 0 Å². The van der Waals surface area contributed by atoms with E-state index in [2.05, 4.69) is 5.32 Å². The summed E-state index contributed by atoms with van der Waals surface area (Å²) in [6.45, 7) is 7.17. The first kappa shape index (κ1) is 19.9. The van der Waals surface area contributed by atoms with Gasteiger partial charge >= 0.3 is 0 Å². The first-order chi connectivity index (χ1) is 12.2. The fourth-order valence-electron chi connectivity index (χ4n) is 2.70. The molecule has 138 valence electrons. The Morgan fingerprint density at radius 2 is 1.92 bits per heavy atom. The summed E-state index contributed by atoms with van der Waals surface area (Å²) in [5.74, 6) is -1.01. The molecule has 0 saturated carbocycles. The van der Waals surface area contributed by atoms with Crippen molar-refractivity contribution in [2.75, 3.05) is 16.8 Å². The van der Waals surface area contributed by atoms with E-state index in [1.165, 1.54) is 30.0 Å². The number of hydrogen-bond acceptors (Lipinski definition) is 2. The van der Waals surface area contributed by atoms with Crippen LogP contribution in [-0.4, -0.2) is 18.4 Å². The summed E-state index contributed by atoms with van der Waals surface area (Å²) in [5.41, 5.74) is 3.10. The third-order valence-corrected chi connectivity index (χ3v) is 4.38. The number of nitrogens with one attached hydrogen (secondary N) is 1. The maximum Gasteiger partial charge on any atom is 0.244 e. The molecule has 0 aliphatic heterocycles. The highest BCUT2D eigenvalue weighted by Crippen LogP contribution is 2.28. The van der Waals surface area contributed by atoms with E-state index in [4.69, 9.17) is 11.6 Å². The average Bonchev–Trinajstić information content (AvgIpc) is 2.56. The number of aryl methyl sites for hydroxylation is 1. The Hall–Kier alpha value is -2.40. The van der Waals surface area contributed by atoms with Crippen LogP contribution in [0.1, 0.15) is 37.8 Å². The van der Waals surface area contributed by atoms with Crippen molar-refractivity contribution in [2.24, 2.45) is 0 Å². The molecule has 0 spiro atoms. The molecule has 0 aromatic heterocycles. The van der Waals surface area contributed by atoms with Crippen molar-refractivity contribution in [3.8, 4) is 0 Å². The minimum Gasteiger partial charge on any atom is -0.324 e. The molecule has 2 rings (SSSR count). The molecule has 0 radical (unpaired) electrons. The van der Waals surface area contributed by atoms with Crippen molar-refractivity contribution in [3.05, 3.63) is 58.4 Å². The number of hydrogen-bond donors (Lipinski definition) is 1. The Bertz CT molecular complexity index is 837. The highest BCUT2D eigenvalue weighted by molar-refractivity contribution is 6.31. The van der Waals surface area contributed by atoms with Crippen LogP contribution < -0.4 is 10.2 Å². The molecule has 6 heteroatoms. The van der Waals surface area contributed by atoms with E-state index in [-0.39, 0.29) is 29.3 Å². The van der Waals surface area contributed by atoms with E-state index >= 15 is 0 Å². The summed E-state index contributed by atoms with van der Waals surface area (Å²) in [5, 5.41) is 2.80. The van der Waals surface area contributed by atoms with Crippen molar-refractivity contribution in [1.82, 2.24) is 0 Å². The predicted octanol–water partition coefficient (Wildman–Crippen LogP) is 4.90. The summed E-state index contributed by atoms with van der Waals surface area (Å²) < 4.78 is 13.4. The Kier molecular flexibility index (Phi) is 6.37. The molecule has 0 saturated heterocycles. The molecule has 0 unspecified atom stereocenters. The van der Waals surface area contributed by atoms with Gasteiger partial charge in [0.05, 0.1) is 5.02 Å². The third kappa shape index (κ3) is 4.61. The molecular weight excluding hydrogens is 355 g/mol. The fourth-order valence-corrected chi connectivity index (χ4v) is 2.88. The van der Waals surface area contributed by atoms with Crippen LogP contribution in [-0.2, 0) is 9.59 Å². The van der Waals surface area contributed by atoms with Crippen molar-refractivity contribution < 1.29 is 14.0 Å². The summed E-state index contributed by atoms with van der Waals surface area (Å²) in [7, 11) is 0. The lowest BCUT2D eigenvalue weighted by Gasteiger charge is -2.22. The van der Waals surface area contributed by atoms with Gasteiger partial charge in [-0.1, -0.05) is 43.6 Å². The molecule has 2 amide bonds. The quantitative estimate of drug-likeness (QED) is 0.806.